The van der Waals surface area contributed by atoms with Crippen molar-refractivity contribution >= 4 is 33.0 Å². The van der Waals surface area contributed by atoms with Crippen LogP contribution in [0.3, 0.4) is 0 Å². The van der Waals surface area contributed by atoms with Gasteiger partial charge in [-0.2, -0.15) is 4.31 Å². The third kappa shape index (κ3) is 4.51. The molecule has 1 saturated heterocycles. The highest BCUT2D eigenvalue weighted by Crippen LogP contribution is 2.27. The van der Waals surface area contributed by atoms with E-state index in [-0.39, 0.29) is 15.7 Å². The average Bonchev–Trinajstić information content (AvgIpc) is 3.20. The van der Waals surface area contributed by atoms with Crippen LogP contribution in [0.2, 0.25) is 0 Å². The number of amides is 1. The Morgan fingerprint density at radius 1 is 1.11 bits per heavy atom. The molecule has 0 bridgehead atoms. The standard InChI is InChI=1S/C19H25N3O3S2/c1-2-3-10-20-19(23)18-17(9-15-26-18)27(24,25)22-13-11-21(12-14-22)16-7-5-4-6-8-16/h4-9,15H,2-3,10-14H2,1H3,(H,20,23). The molecule has 1 fully saturated rings. The first-order chi connectivity index (χ1) is 13.0. The van der Waals surface area contributed by atoms with Gasteiger partial charge in [0.05, 0.1) is 0 Å². The molecule has 0 atom stereocenters. The number of rotatable bonds is 7. The monoisotopic (exact) mass is 407 g/mol. The number of para-hydroxylation sites is 1. The lowest BCUT2D eigenvalue weighted by molar-refractivity contribution is 0.0954. The number of anilines is 1. The second-order valence-corrected chi connectivity index (χ2v) is 9.27. The number of nitrogens with one attached hydrogen (secondary N) is 1. The molecule has 146 valence electrons. The van der Waals surface area contributed by atoms with Crippen LogP contribution in [0.25, 0.3) is 0 Å². The van der Waals surface area contributed by atoms with E-state index in [2.05, 4.69) is 10.2 Å². The van der Waals surface area contributed by atoms with Gasteiger partial charge in [0, 0.05) is 38.4 Å². The second-order valence-electron chi connectivity index (χ2n) is 6.45. The van der Waals surface area contributed by atoms with Gasteiger partial charge in [-0.25, -0.2) is 8.42 Å². The second kappa shape index (κ2) is 8.86. The molecule has 0 saturated carbocycles. The SMILES string of the molecule is CCCCNC(=O)c1sccc1S(=O)(=O)N1CCN(c2ccccc2)CC1. The van der Waals surface area contributed by atoms with Crippen LogP contribution in [0.1, 0.15) is 29.4 Å². The highest BCUT2D eigenvalue weighted by Gasteiger charge is 2.32. The molecular weight excluding hydrogens is 382 g/mol. The van der Waals surface area contributed by atoms with Crippen molar-refractivity contribution in [1.29, 1.82) is 0 Å². The Morgan fingerprint density at radius 3 is 2.48 bits per heavy atom. The molecule has 1 amide bonds. The number of carbonyl (C=O) groups is 1. The van der Waals surface area contributed by atoms with Gasteiger partial charge in [0.1, 0.15) is 9.77 Å². The number of sulfonamides is 1. The minimum Gasteiger partial charge on any atom is -0.369 e. The van der Waals surface area contributed by atoms with Crippen molar-refractivity contribution < 1.29 is 13.2 Å². The average molecular weight is 408 g/mol. The van der Waals surface area contributed by atoms with Gasteiger partial charge in [-0.15, -0.1) is 11.3 Å². The summed E-state index contributed by atoms with van der Waals surface area (Å²) in [5.41, 5.74) is 1.10. The van der Waals surface area contributed by atoms with Crippen molar-refractivity contribution in [3.63, 3.8) is 0 Å². The first-order valence-electron chi connectivity index (χ1n) is 9.20. The molecule has 1 N–H and O–H groups in total. The normalized spacial score (nSPS) is 15.7. The Hall–Kier alpha value is -1.90. The molecule has 1 aliphatic heterocycles. The van der Waals surface area contributed by atoms with Gasteiger partial charge in [0.15, 0.2) is 0 Å². The Labute approximate surface area is 164 Å². The van der Waals surface area contributed by atoms with E-state index >= 15 is 0 Å². The summed E-state index contributed by atoms with van der Waals surface area (Å²) < 4.78 is 27.6. The van der Waals surface area contributed by atoms with Crippen molar-refractivity contribution in [2.75, 3.05) is 37.6 Å². The van der Waals surface area contributed by atoms with Crippen LogP contribution in [0, 0.1) is 0 Å². The minimum atomic E-state index is -3.67. The van der Waals surface area contributed by atoms with E-state index in [9.17, 15) is 13.2 Å². The van der Waals surface area contributed by atoms with Gasteiger partial charge >= 0.3 is 0 Å². The van der Waals surface area contributed by atoms with E-state index in [1.165, 1.54) is 21.7 Å². The summed E-state index contributed by atoms with van der Waals surface area (Å²) in [5.74, 6) is -0.306. The number of hydrogen-bond acceptors (Lipinski definition) is 5. The molecule has 3 rings (SSSR count). The Kier molecular flexibility index (Phi) is 6.51. The van der Waals surface area contributed by atoms with Crippen LogP contribution < -0.4 is 10.2 Å². The number of unbranched alkanes of at least 4 members (excludes halogenated alkanes) is 1. The number of hydrogen-bond donors (Lipinski definition) is 1. The van der Waals surface area contributed by atoms with E-state index in [4.69, 9.17) is 0 Å². The van der Waals surface area contributed by atoms with Crippen LogP contribution in [-0.2, 0) is 10.0 Å². The van der Waals surface area contributed by atoms with E-state index in [1.807, 2.05) is 37.3 Å². The molecule has 6 nitrogen and oxygen atoms in total. The topological polar surface area (TPSA) is 69.7 Å². The predicted molar refractivity (Wildman–Crippen MR) is 109 cm³/mol. The van der Waals surface area contributed by atoms with Crippen molar-refractivity contribution in [3.05, 3.63) is 46.7 Å². The number of carbonyl (C=O) groups excluding carboxylic acids is 1. The summed E-state index contributed by atoms with van der Waals surface area (Å²) in [6.45, 7) is 4.68. The lowest BCUT2D eigenvalue weighted by Gasteiger charge is -2.35. The van der Waals surface area contributed by atoms with Gasteiger partial charge in [-0.05, 0) is 30.0 Å². The fraction of sp³-hybridized carbons (Fsp3) is 0.421. The zero-order valence-electron chi connectivity index (χ0n) is 15.4. The molecule has 1 aromatic carbocycles. The Bertz CT molecular complexity index is 857. The van der Waals surface area contributed by atoms with Crippen molar-refractivity contribution in [1.82, 2.24) is 9.62 Å². The summed E-state index contributed by atoms with van der Waals surface area (Å²) in [6.07, 6.45) is 1.85. The molecule has 8 heteroatoms. The van der Waals surface area contributed by atoms with Crippen molar-refractivity contribution in [2.24, 2.45) is 0 Å². The largest absolute Gasteiger partial charge is 0.369 e. The molecule has 27 heavy (non-hydrogen) atoms. The molecule has 0 unspecified atom stereocenters. The van der Waals surface area contributed by atoms with Crippen LogP contribution in [0.15, 0.2) is 46.7 Å². The molecule has 0 spiro atoms. The zero-order chi connectivity index (χ0) is 19.3. The molecule has 2 aromatic rings. The molecule has 0 aliphatic carbocycles. The Morgan fingerprint density at radius 2 is 1.81 bits per heavy atom. The summed E-state index contributed by atoms with van der Waals surface area (Å²) in [6, 6.07) is 11.5. The molecule has 1 aromatic heterocycles. The smallest absolute Gasteiger partial charge is 0.262 e. The van der Waals surface area contributed by atoms with Gasteiger partial charge in [-0.1, -0.05) is 31.5 Å². The van der Waals surface area contributed by atoms with Gasteiger partial charge in [0.2, 0.25) is 10.0 Å². The summed E-state index contributed by atoms with van der Waals surface area (Å²) in [7, 11) is -3.67. The van der Waals surface area contributed by atoms with Crippen molar-refractivity contribution in [2.45, 2.75) is 24.7 Å². The minimum absolute atomic E-state index is 0.120. The van der Waals surface area contributed by atoms with Crippen LogP contribution in [0.5, 0.6) is 0 Å². The highest BCUT2D eigenvalue weighted by molar-refractivity contribution is 7.89. The van der Waals surface area contributed by atoms with Crippen LogP contribution >= 0.6 is 11.3 Å². The molecular formula is C19H25N3O3S2. The van der Waals surface area contributed by atoms with Gasteiger partial charge in [-0.3, -0.25) is 4.79 Å². The number of benzene rings is 1. The zero-order valence-corrected chi connectivity index (χ0v) is 17.1. The third-order valence-electron chi connectivity index (χ3n) is 4.63. The van der Waals surface area contributed by atoms with E-state index in [0.717, 1.165) is 18.5 Å². The lowest BCUT2D eigenvalue weighted by Crippen LogP contribution is -2.48. The number of thiophene rings is 1. The first-order valence-corrected chi connectivity index (χ1v) is 11.5. The van der Waals surface area contributed by atoms with E-state index in [1.54, 1.807) is 5.38 Å². The molecule has 1 aliphatic rings. The maximum atomic E-state index is 13.1. The lowest BCUT2D eigenvalue weighted by atomic mass is 10.2. The van der Waals surface area contributed by atoms with Crippen LogP contribution in [-0.4, -0.2) is 51.4 Å². The quantitative estimate of drug-likeness (QED) is 0.717. The maximum absolute atomic E-state index is 13.1. The fourth-order valence-electron chi connectivity index (χ4n) is 3.09. The van der Waals surface area contributed by atoms with Crippen LogP contribution in [0.4, 0.5) is 5.69 Å². The summed E-state index contributed by atoms with van der Waals surface area (Å²) in [5, 5.41) is 4.48. The predicted octanol–water partition coefficient (Wildman–Crippen LogP) is 2.79. The fourth-order valence-corrected chi connectivity index (χ4v) is 5.83. The Balaban J connectivity index is 1.69. The first kappa shape index (κ1) is 19.9. The molecule has 2 heterocycles. The summed E-state index contributed by atoms with van der Waals surface area (Å²) >= 11 is 1.18. The van der Waals surface area contributed by atoms with E-state index in [0.29, 0.717) is 32.7 Å². The van der Waals surface area contributed by atoms with Gasteiger partial charge in [0.25, 0.3) is 5.91 Å². The third-order valence-corrected chi connectivity index (χ3v) is 7.61. The highest BCUT2D eigenvalue weighted by atomic mass is 32.2. The van der Waals surface area contributed by atoms with Crippen molar-refractivity contribution in [3.8, 4) is 0 Å². The summed E-state index contributed by atoms with van der Waals surface area (Å²) in [4.78, 5) is 14.9. The molecule has 0 radical (unpaired) electrons. The number of nitrogens with zero attached hydrogens (tertiary/aromatic N) is 2. The maximum Gasteiger partial charge on any atom is 0.262 e. The van der Waals surface area contributed by atoms with Gasteiger partial charge < -0.3 is 10.2 Å². The van der Waals surface area contributed by atoms with E-state index < -0.39 is 10.0 Å². The number of piperazine rings is 1.